The van der Waals surface area contributed by atoms with Crippen LogP contribution < -0.4 is 9.80 Å². The number of nitrogens with zero attached hydrogens (tertiary/aromatic N) is 2. The second kappa shape index (κ2) is 19.3. The fourth-order valence-electron chi connectivity index (χ4n) is 13.1. The highest BCUT2D eigenvalue weighted by Gasteiger charge is 2.28. The first kappa shape index (κ1) is 51.1. The second-order valence-electron chi connectivity index (χ2n) is 25.2. The van der Waals surface area contributed by atoms with Crippen molar-refractivity contribution in [1.29, 1.82) is 0 Å². The summed E-state index contributed by atoms with van der Waals surface area (Å²) < 4.78 is 14.6. The summed E-state index contributed by atoms with van der Waals surface area (Å²) in [6.07, 6.45) is 0. The lowest BCUT2D eigenvalue weighted by molar-refractivity contribution is 0.590. The van der Waals surface area contributed by atoms with Crippen LogP contribution in [-0.4, -0.2) is 0 Å². The van der Waals surface area contributed by atoms with Crippen LogP contribution in [0.4, 0.5) is 34.1 Å². The lowest BCUT2D eigenvalue weighted by atomic mass is 9.87. The van der Waals surface area contributed by atoms with E-state index < -0.39 is 0 Å². The molecule has 402 valence electrons. The second-order valence-corrected chi connectivity index (χ2v) is 25.2. The molecule has 14 aromatic rings. The largest absolute Gasteiger partial charge is 0.453 e. The van der Waals surface area contributed by atoms with Gasteiger partial charge in [0, 0.05) is 54.8 Å². The summed E-state index contributed by atoms with van der Waals surface area (Å²) in [7, 11) is 0. The minimum absolute atomic E-state index is 0.0173. The molecule has 0 bridgehead atoms. The van der Waals surface area contributed by atoms with Gasteiger partial charge < -0.3 is 18.6 Å². The van der Waals surface area contributed by atoms with E-state index in [-0.39, 0.29) is 10.8 Å². The molecule has 0 radical (unpaired) electrons. The van der Waals surface area contributed by atoms with E-state index in [2.05, 4.69) is 297 Å². The molecule has 0 saturated heterocycles. The van der Waals surface area contributed by atoms with Gasteiger partial charge in [-0.2, -0.15) is 0 Å². The molecule has 12 aromatic carbocycles. The SMILES string of the molecule is CC(C)c1ccccc1-c1cccc2c1oc1c(N(c3ccc(C(C)(C)C)cc3)c3ccc4ccc5c(N(c6ccc(C(C)(C)C)cc6)c6cccc7c6oc6c(-c8ccccc8C(C)C)cccc67)ccc6ccc3c4c65)cccc12. The molecule has 0 saturated carbocycles. The predicted octanol–water partition coefficient (Wildman–Crippen LogP) is 23.5. The Morgan fingerprint density at radius 1 is 0.293 bits per heavy atom. The van der Waals surface area contributed by atoms with Gasteiger partial charge in [-0.3, -0.25) is 0 Å². The number of para-hydroxylation sites is 4. The quantitative estimate of drug-likeness (QED) is 0.128. The Bertz CT molecular complexity index is 4460. The first-order valence-electron chi connectivity index (χ1n) is 29.2. The summed E-state index contributed by atoms with van der Waals surface area (Å²) in [6.45, 7) is 22.7. The van der Waals surface area contributed by atoms with Gasteiger partial charge >= 0.3 is 0 Å². The minimum Gasteiger partial charge on any atom is -0.453 e. The Morgan fingerprint density at radius 2 is 0.634 bits per heavy atom. The molecule has 4 nitrogen and oxygen atoms in total. The average molecular weight is 1070 g/mol. The highest BCUT2D eigenvalue weighted by Crippen LogP contribution is 2.52. The van der Waals surface area contributed by atoms with Crippen molar-refractivity contribution in [2.24, 2.45) is 0 Å². The Morgan fingerprint density at radius 3 is 1.01 bits per heavy atom. The molecule has 0 N–H and O–H groups in total. The number of hydrogen-bond donors (Lipinski definition) is 0. The smallest absolute Gasteiger partial charge is 0.159 e. The summed E-state index contributed by atoms with van der Waals surface area (Å²) in [5, 5.41) is 11.5. The van der Waals surface area contributed by atoms with Gasteiger partial charge in [0.25, 0.3) is 0 Å². The first-order chi connectivity index (χ1) is 39.6. The molecule has 0 aliphatic rings. The Labute approximate surface area is 481 Å². The third-order valence-corrected chi connectivity index (χ3v) is 17.3. The molecule has 2 aromatic heterocycles. The summed E-state index contributed by atoms with van der Waals surface area (Å²) in [5.74, 6) is 0.703. The van der Waals surface area contributed by atoms with Crippen molar-refractivity contribution in [1.82, 2.24) is 0 Å². The molecule has 14 rings (SSSR count). The summed E-state index contributed by atoms with van der Waals surface area (Å²) in [5.41, 5.74) is 19.5. The van der Waals surface area contributed by atoms with Crippen molar-refractivity contribution >= 4 is 110 Å². The molecule has 2 heterocycles. The van der Waals surface area contributed by atoms with Crippen molar-refractivity contribution in [2.45, 2.75) is 91.9 Å². The Balaban J connectivity index is 1.00. The molecular formula is C78H68N2O2. The Kier molecular flexibility index (Phi) is 12.0. The number of hydrogen-bond acceptors (Lipinski definition) is 4. The molecule has 0 amide bonds. The first-order valence-corrected chi connectivity index (χ1v) is 29.2. The molecule has 0 aliphatic heterocycles. The standard InChI is InChI=1S/C78H68N2O2/c1-47(2)55-19-11-13-21-57(55)59-23-15-25-61-63-27-17-29-69(75(63)81-73(59)61)79(53-39-35-51(36-40-53)77(5,6)7)67-45-33-49-32-44-66-68(46-34-50-31-43-65(67)71(49)72(50)66)80(54-41-37-52(38-42-54)78(8,9)10)70-30-18-28-64-62-26-16-24-60(74(62)82-76(64)70)58-22-14-12-20-56(58)48(3)4/h11-48H,1-10H3. The number of fused-ring (bicyclic) bond motifs is 6. The lowest BCUT2D eigenvalue weighted by Crippen LogP contribution is -2.14. The number of anilines is 6. The van der Waals surface area contributed by atoms with Gasteiger partial charge in [0.05, 0.1) is 22.7 Å². The molecule has 0 fully saturated rings. The molecule has 4 heteroatoms. The zero-order valence-electron chi connectivity index (χ0n) is 48.7. The van der Waals surface area contributed by atoms with Crippen LogP contribution in [0.15, 0.2) is 227 Å². The lowest BCUT2D eigenvalue weighted by Gasteiger charge is -2.30. The van der Waals surface area contributed by atoms with Gasteiger partial charge in [0.2, 0.25) is 0 Å². The summed E-state index contributed by atoms with van der Waals surface area (Å²) in [4.78, 5) is 4.87. The van der Waals surface area contributed by atoms with E-state index in [9.17, 15) is 0 Å². The fourth-order valence-corrected chi connectivity index (χ4v) is 13.1. The summed E-state index contributed by atoms with van der Waals surface area (Å²) >= 11 is 0. The van der Waals surface area contributed by atoms with Crippen molar-refractivity contribution < 1.29 is 8.83 Å². The van der Waals surface area contributed by atoms with Gasteiger partial charge in [0.1, 0.15) is 11.2 Å². The van der Waals surface area contributed by atoms with Crippen molar-refractivity contribution in [3.05, 3.63) is 241 Å². The van der Waals surface area contributed by atoms with Crippen molar-refractivity contribution in [3.63, 3.8) is 0 Å². The predicted molar refractivity (Wildman–Crippen MR) is 351 cm³/mol. The van der Waals surface area contributed by atoms with Crippen LogP contribution in [0.5, 0.6) is 0 Å². The van der Waals surface area contributed by atoms with Crippen LogP contribution in [-0.2, 0) is 10.8 Å². The van der Waals surface area contributed by atoms with E-state index in [1.165, 1.54) is 54.9 Å². The minimum atomic E-state index is -0.0173. The Hall–Kier alpha value is -9.12. The third kappa shape index (κ3) is 8.25. The maximum Gasteiger partial charge on any atom is 0.159 e. The average Bonchev–Trinajstić information content (AvgIpc) is 1.64. The molecule has 0 aliphatic carbocycles. The maximum absolute atomic E-state index is 7.32. The van der Waals surface area contributed by atoms with E-state index in [1.807, 2.05) is 0 Å². The van der Waals surface area contributed by atoms with Crippen LogP contribution in [0.3, 0.4) is 0 Å². The number of rotatable bonds is 10. The monoisotopic (exact) mass is 1060 g/mol. The molecular weight excluding hydrogens is 997 g/mol. The zero-order valence-corrected chi connectivity index (χ0v) is 48.7. The molecule has 0 atom stereocenters. The van der Waals surface area contributed by atoms with Gasteiger partial charge in [-0.25, -0.2) is 0 Å². The number of benzene rings is 12. The molecule has 82 heavy (non-hydrogen) atoms. The van der Waals surface area contributed by atoms with Crippen LogP contribution in [0, 0.1) is 0 Å². The maximum atomic E-state index is 7.32. The van der Waals surface area contributed by atoms with E-state index in [0.29, 0.717) is 11.8 Å². The molecule has 0 unspecified atom stereocenters. The van der Waals surface area contributed by atoms with E-state index in [0.717, 1.165) is 99.9 Å². The molecule has 0 spiro atoms. The highest BCUT2D eigenvalue weighted by atomic mass is 16.3. The highest BCUT2D eigenvalue weighted by molar-refractivity contribution is 6.29. The fraction of sp³-hybridized carbons (Fsp3) is 0.179. The van der Waals surface area contributed by atoms with Gasteiger partial charge in [-0.15, -0.1) is 0 Å². The van der Waals surface area contributed by atoms with Crippen LogP contribution in [0.25, 0.3) is 98.4 Å². The van der Waals surface area contributed by atoms with E-state index >= 15 is 0 Å². The van der Waals surface area contributed by atoms with E-state index in [4.69, 9.17) is 8.83 Å². The normalized spacial score (nSPS) is 12.5. The van der Waals surface area contributed by atoms with Crippen LogP contribution in [0.1, 0.15) is 103 Å². The summed E-state index contributed by atoms with van der Waals surface area (Å²) in [6, 6.07) is 80.9. The van der Waals surface area contributed by atoms with Crippen LogP contribution >= 0.6 is 0 Å². The van der Waals surface area contributed by atoms with Gasteiger partial charge in [-0.05, 0) is 126 Å². The van der Waals surface area contributed by atoms with Gasteiger partial charge in [0.15, 0.2) is 11.2 Å². The third-order valence-electron chi connectivity index (χ3n) is 17.3. The van der Waals surface area contributed by atoms with Crippen LogP contribution in [0.2, 0.25) is 0 Å². The van der Waals surface area contributed by atoms with Gasteiger partial charge in [-0.1, -0.05) is 239 Å². The van der Waals surface area contributed by atoms with E-state index in [1.54, 1.807) is 0 Å². The van der Waals surface area contributed by atoms with Crippen molar-refractivity contribution in [2.75, 3.05) is 9.80 Å². The van der Waals surface area contributed by atoms with Crippen molar-refractivity contribution in [3.8, 4) is 22.3 Å². The topological polar surface area (TPSA) is 32.8 Å². The number of furan rings is 2. The zero-order chi connectivity index (χ0) is 56.3.